The Morgan fingerprint density at radius 1 is 1.44 bits per heavy atom. The van der Waals surface area contributed by atoms with E-state index in [0.29, 0.717) is 0 Å². The fraction of sp³-hybridized carbons (Fsp3) is 0.375. The van der Waals surface area contributed by atoms with Crippen LogP contribution in [0, 0.1) is 0 Å². The highest BCUT2D eigenvalue weighted by molar-refractivity contribution is 7.88. The molecule has 0 spiro atoms. The molecule has 9 nitrogen and oxygen atoms in total. The third-order valence-electron chi connectivity index (χ3n) is 1.84. The van der Waals surface area contributed by atoms with Gasteiger partial charge in [0.1, 0.15) is 0 Å². The number of carbonyl (C=O) groups excluding carboxylic acids is 1. The molecular formula is C8H12N4O5S. The second-order valence-corrected chi connectivity index (χ2v) is 5.19. The third-order valence-corrected chi connectivity index (χ3v) is 2.57. The van der Waals surface area contributed by atoms with Crippen LogP contribution in [-0.2, 0) is 10.0 Å². The lowest BCUT2D eigenvalue weighted by Crippen LogP contribution is -2.34. The number of hydrogen-bond acceptors (Lipinski definition) is 5. The highest BCUT2D eigenvalue weighted by atomic mass is 32.2. The zero-order valence-electron chi connectivity index (χ0n) is 9.43. The molecule has 4 N–H and O–H groups in total. The van der Waals surface area contributed by atoms with E-state index in [0.717, 1.165) is 12.6 Å². The number of carbonyl (C=O) groups is 2. The number of amides is 1. The second-order valence-electron chi connectivity index (χ2n) is 3.35. The van der Waals surface area contributed by atoms with Crippen molar-refractivity contribution in [3.05, 3.63) is 17.7 Å². The minimum atomic E-state index is -3.31. The first-order valence-corrected chi connectivity index (χ1v) is 6.70. The molecule has 18 heavy (non-hydrogen) atoms. The molecule has 100 valence electrons. The summed E-state index contributed by atoms with van der Waals surface area (Å²) in [7, 11) is -3.31. The predicted octanol–water partition coefficient (Wildman–Crippen LogP) is -1.61. The van der Waals surface area contributed by atoms with E-state index in [1.807, 2.05) is 0 Å². The minimum Gasteiger partial charge on any atom is -0.477 e. The fourth-order valence-corrected chi connectivity index (χ4v) is 1.60. The average Bonchev–Trinajstić information content (AvgIpc) is 2.71. The monoisotopic (exact) mass is 276 g/mol. The van der Waals surface area contributed by atoms with Gasteiger partial charge in [0.05, 0.1) is 12.6 Å². The van der Waals surface area contributed by atoms with Crippen molar-refractivity contribution in [1.29, 1.82) is 0 Å². The normalized spacial score (nSPS) is 11.2. The maximum absolute atomic E-state index is 11.5. The van der Waals surface area contributed by atoms with Crippen LogP contribution in [0.25, 0.3) is 0 Å². The van der Waals surface area contributed by atoms with Crippen LogP contribution in [0.3, 0.4) is 0 Å². The van der Waals surface area contributed by atoms with Crippen LogP contribution in [0.5, 0.6) is 0 Å². The van der Waals surface area contributed by atoms with Crippen molar-refractivity contribution in [3.63, 3.8) is 0 Å². The Hall–Kier alpha value is -1.94. The lowest BCUT2D eigenvalue weighted by atomic mass is 10.3. The summed E-state index contributed by atoms with van der Waals surface area (Å²) in [6.45, 7) is 0.0369. The van der Waals surface area contributed by atoms with Crippen LogP contribution in [-0.4, -0.2) is 54.7 Å². The Kier molecular flexibility index (Phi) is 4.39. The Morgan fingerprint density at radius 3 is 2.67 bits per heavy atom. The number of rotatable bonds is 6. The van der Waals surface area contributed by atoms with Gasteiger partial charge in [-0.05, 0) is 0 Å². The lowest BCUT2D eigenvalue weighted by Gasteiger charge is -2.04. The van der Waals surface area contributed by atoms with E-state index < -0.39 is 21.9 Å². The van der Waals surface area contributed by atoms with Crippen LogP contribution in [0.2, 0.25) is 0 Å². The number of sulfonamides is 1. The molecule has 1 amide bonds. The molecule has 1 rings (SSSR count). The molecule has 0 aliphatic carbocycles. The van der Waals surface area contributed by atoms with Gasteiger partial charge in [-0.1, -0.05) is 0 Å². The SMILES string of the molecule is CS(=O)(=O)NCCNC(=O)c1nc[nH]c1C(=O)O. The highest BCUT2D eigenvalue weighted by Gasteiger charge is 2.19. The maximum atomic E-state index is 11.5. The summed E-state index contributed by atoms with van der Waals surface area (Å²) in [5.74, 6) is -1.99. The molecule has 0 aromatic carbocycles. The number of aromatic nitrogens is 2. The number of imidazole rings is 1. The van der Waals surface area contributed by atoms with E-state index in [2.05, 4.69) is 20.0 Å². The first kappa shape index (κ1) is 14.1. The zero-order chi connectivity index (χ0) is 13.8. The second kappa shape index (κ2) is 5.60. The Labute approximate surface area is 103 Å². The Bertz CT molecular complexity index is 550. The maximum Gasteiger partial charge on any atom is 0.354 e. The van der Waals surface area contributed by atoms with E-state index in [9.17, 15) is 18.0 Å². The van der Waals surface area contributed by atoms with Crippen molar-refractivity contribution in [1.82, 2.24) is 20.0 Å². The summed E-state index contributed by atoms with van der Waals surface area (Å²) in [5, 5.41) is 11.1. The van der Waals surface area contributed by atoms with Crippen LogP contribution >= 0.6 is 0 Å². The van der Waals surface area contributed by atoms with Gasteiger partial charge in [-0.25, -0.2) is 22.9 Å². The number of H-pyrrole nitrogens is 1. The molecule has 1 heterocycles. The van der Waals surface area contributed by atoms with Gasteiger partial charge in [0.15, 0.2) is 11.4 Å². The third kappa shape index (κ3) is 4.14. The quantitative estimate of drug-likeness (QED) is 0.460. The number of carboxylic acid groups (broad SMARTS) is 1. The molecule has 0 unspecified atom stereocenters. The summed E-state index contributed by atoms with van der Waals surface area (Å²) in [4.78, 5) is 28.1. The molecule has 0 aliphatic heterocycles. The molecule has 0 saturated carbocycles. The largest absolute Gasteiger partial charge is 0.477 e. The van der Waals surface area contributed by atoms with Gasteiger partial charge in [0, 0.05) is 13.1 Å². The average molecular weight is 276 g/mol. The van der Waals surface area contributed by atoms with E-state index >= 15 is 0 Å². The van der Waals surface area contributed by atoms with Crippen LogP contribution in [0.1, 0.15) is 21.0 Å². The topological polar surface area (TPSA) is 141 Å². The zero-order valence-corrected chi connectivity index (χ0v) is 10.2. The van der Waals surface area contributed by atoms with Crippen molar-refractivity contribution < 1.29 is 23.1 Å². The summed E-state index contributed by atoms with van der Waals surface area (Å²) in [5.41, 5.74) is -0.564. The van der Waals surface area contributed by atoms with E-state index in [4.69, 9.17) is 5.11 Å². The predicted molar refractivity (Wildman–Crippen MR) is 60.7 cm³/mol. The molecule has 1 aromatic heterocycles. The first-order valence-electron chi connectivity index (χ1n) is 4.81. The number of nitrogens with zero attached hydrogens (tertiary/aromatic N) is 1. The van der Waals surface area contributed by atoms with Gasteiger partial charge in [0.2, 0.25) is 10.0 Å². The smallest absolute Gasteiger partial charge is 0.354 e. The standard InChI is InChI=1S/C8H12N4O5S/c1-18(16,17)12-3-2-9-7(13)5-6(8(14)15)11-4-10-5/h4,12H,2-3H2,1H3,(H,9,13)(H,10,11)(H,14,15). The number of hydrogen-bond donors (Lipinski definition) is 4. The van der Waals surface area contributed by atoms with Gasteiger partial charge in [-0.2, -0.15) is 0 Å². The Balaban J connectivity index is 2.51. The Morgan fingerprint density at radius 2 is 2.11 bits per heavy atom. The summed E-state index contributed by atoms with van der Waals surface area (Å²) < 4.78 is 23.6. The van der Waals surface area contributed by atoms with E-state index in [1.54, 1.807) is 0 Å². The number of carboxylic acids is 1. The van der Waals surface area contributed by atoms with Crippen LogP contribution in [0.4, 0.5) is 0 Å². The van der Waals surface area contributed by atoms with Gasteiger partial charge in [0.25, 0.3) is 5.91 Å². The number of aromatic carboxylic acids is 1. The van der Waals surface area contributed by atoms with Crippen molar-refractivity contribution in [3.8, 4) is 0 Å². The van der Waals surface area contributed by atoms with Gasteiger partial charge in [-0.3, -0.25) is 4.79 Å². The van der Waals surface area contributed by atoms with Crippen LogP contribution < -0.4 is 10.0 Å². The number of aromatic amines is 1. The summed E-state index contributed by atoms with van der Waals surface area (Å²) in [6, 6.07) is 0. The van der Waals surface area contributed by atoms with E-state index in [-0.39, 0.29) is 24.5 Å². The molecule has 0 bridgehead atoms. The molecule has 0 atom stereocenters. The van der Waals surface area contributed by atoms with Crippen LogP contribution in [0.15, 0.2) is 6.33 Å². The summed E-state index contributed by atoms with van der Waals surface area (Å²) >= 11 is 0. The first-order chi connectivity index (χ1) is 8.31. The van der Waals surface area contributed by atoms with E-state index in [1.165, 1.54) is 0 Å². The molecular weight excluding hydrogens is 264 g/mol. The molecule has 0 saturated heterocycles. The van der Waals surface area contributed by atoms with Crippen molar-refractivity contribution in [2.24, 2.45) is 0 Å². The molecule has 0 fully saturated rings. The number of nitrogens with one attached hydrogen (secondary N) is 3. The minimum absolute atomic E-state index is 0.0113. The molecule has 0 radical (unpaired) electrons. The molecule has 1 aromatic rings. The van der Waals surface area contributed by atoms with Crippen molar-refractivity contribution in [2.45, 2.75) is 0 Å². The summed E-state index contributed by atoms with van der Waals surface area (Å²) in [6.07, 6.45) is 2.08. The fourth-order valence-electron chi connectivity index (χ4n) is 1.13. The lowest BCUT2D eigenvalue weighted by molar-refractivity contribution is 0.0685. The molecule has 0 aliphatic rings. The molecule has 10 heteroatoms. The van der Waals surface area contributed by atoms with Crippen molar-refractivity contribution >= 4 is 21.9 Å². The van der Waals surface area contributed by atoms with Gasteiger partial charge >= 0.3 is 5.97 Å². The van der Waals surface area contributed by atoms with Gasteiger partial charge in [-0.15, -0.1) is 0 Å². The highest BCUT2D eigenvalue weighted by Crippen LogP contribution is 2.01. The van der Waals surface area contributed by atoms with Crippen molar-refractivity contribution in [2.75, 3.05) is 19.3 Å². The van der Waals surface area contributed by atoms with Gasteiger partial charge < -0.3 is 15.4 Å².